The van der Waals surface area contributed by atoms with E-state index in [0.717, 1.165) is 27.1 Å². The van der Waals surface area contributed by atoms with Crippen molar-refractivity contribution >= 4 is 34.9 Å². The number of hydrogen-bond acceptors (Lipinski definition) is 3. The summed E-state index contributed by atoms with van der Waals surface area (Å²) >= 11 is 0. The van der Waals surface area contributed by atoms with Gasteiger partial charge >= 0.3 is 7.32 Å². The minimum Gasteiger partial charge on any atom is -0.512 e. The molecular weight excluding hydrogens is 251 g/mol. The number of hydrogen-bond donors (Lipinski definition) is 2. The van der Waals surface area contributed by atoms with E-state index in [-0.39, 0.29) is 0 Å². The molecule has 0 bridgehead atoms. The fourth-order valence-corrected chi connectivity index (χ4v) is 2.39. The van der Waals surface area contributed by atoms with Crippen molar-refractivity contribution in [2.24, 2.45) is 0 Å². The molecule has 3 aromatic rings. The first kappa shape index (κ1) is 12.7. The lowest BCUT2D eigenvalue weighted by Crippen LogP contribution is -2.20. The Bertz CT molecular complexity index is 796. The van der Waals surface area contributed by atoms with E-state index in [0.29, 0.717) is 5.75 Å². The molecule has 98 valence electrons. The Morgan fingerprint density at radius 3 is 2.20 bits per heavy atom. The Hall–Kier alpha value is -2.30. The molecule has 0 fully saturated rings. The predicted molar refractivity (Wildman–Crippen MR) is 82.4 cm³/mol. The van der Waals surface area contributed by atoms with Crippen LogP contribution < -0.4 is 4.65 Å². The summed E-state index contributed by atoms with van der Waals surface area (Å²) in [6.45, 7) is 3.78. The Balaban J connectivity index is 2.19. The van der Waals surface area contributed by atoms with Gasteiger partial charge in [-0.15, -0.1) is 0 Å². The molecule has 4 heteroatoms. The zero-order valence-electron chi connectivity index (χ0n) is 10.8. The Kier molecular flexibility index (Phi) is 3.18. The minimum absolute atomic E-state index is 0.426. The molecule has 0 heterocycles. The van der Waals surface area contributed by atoms with Crippen LogP contribution >= 0.6 is 0 Å². The van der Waals surface area contributed by atoms with Crippen molar-refractivity contribution in [1.82, 2.24) is 0 Å². The molecule has 0 saturated heterocycles. The molecular formula is C16H13BO3. The molecule has 0 amide bonds. The maximum Gasteiger partial charge on any atom is 0.707 e. The fourth-order valence-electron chi connectivity index (χ4n) is 2.39. The van der Waals surface area contributed by atoms with Crippen molar-refractivity contribution in [2.75, 3.05) is 0 Å². The van der Waals surface area contributed by atoms with Crippen LogP contribution in [0.15, 0.2) is 55.1 Å². The molecule has 2 N–H and O–H groups in total. The first-order valence-corrected chi connectivity index (χ1v) is 6.29. The van der Waals surface area contributed by atoms with E-state index in [1.165, 1.54) is 0 Å². The standard InChI is InChI=1S/C16H13BO3/c1-2-11-3-7-15-12(9-11)4-5-13-10-14(20-17(18)19)6-8-16(13)15/h2-10,18-19H,1H2. The molecule has 0 unspecified atom stereocenters. The third-order valence-corrected chi connectivity index (χ3v) is 3.31. The molecule has 3 rings (SSSR count). The maximum atomic E-state index is 8.83. The van der Waals surface area contributed by atoms with E-state index in [1.54, 1.807) is 12.1 Å². The van der Waals surface area contributed by atoms with Crippen LogP contribution in [0.1, 0.15) is 5.56 Å². The molecule has 20 heavy (non-hydrogen) atoms. The predicted octanol–water partition coefficient (Wildman–Crippen LogP) is 2.98. The third kappa shape index (κ3) is 2.27. The lowest BCUT2D eigenvalue weighted by atomic mass is 10.00. The van der Waals surface area contributed by atoms with Gasteiger partial charge in [0.1, 0.15) is 5.75 Å². The van der Waals surface area contributed by atoms with Crippen molar-refractivity contribution in [1.29, 1.82) is 0 Å². The van der Waals surface area contributed by atoms with E-state index in [4.69, 9.17) is 14.7 Å². The molecule has 0 aromatic heterocycles. The SMILES string of the molecule is C=Cc1ccc2c(ccc3cc(OB(O)O)ccc32)c1. The van der Waals surface area contributed by atoms with Crippen molar-refractivity contribution in [2.45, 2.75) is 0 Å². The van der Waals surface area contributed by atoms with Gasteiger partial charge in [0.05, 0.1) is 0 Å². The fraction of sp³-hybridized carbons (Fsp3) is 0. The highest BCUT2D eigenvalue weighted by atomic mass is 16.6. The van der Waals surface area contributed by atoms with Crippen LogP contribution in [-0.4, -0.2) is 17.4 Å². The summed E-state index contributed by atoms with van der Waals surface area (Å²) in [5.41, 5.74) is 1.08. The first-order chi connectivity index (χ1) is 9.67. The molecule has 0 atom stereocenters. The smallest absolute Gasteiger partial charge is 0.512 e. The Morgan fingerprint density at radius 1 is 0.900 bits per heavy atom. The van der Waals surface area contributed by atoms with Gasteiger partial charge in [-0.25, -0.2) is 0 Å². The van der Waals surface area contributed by atoms with Crippen LogP contribution in [0.4, 0.5) is 0 Å². The van der Waals surface area contributed by atoms with Gasteiger partial charge in [0, 0.05) is 0 Å². The molecule has 3 nitrogen and oxygen atoms in total. The van der Waals surface area contributed by atoms with Gasteiger partial charge in [-0.2, -0.15) is 0 Å². The number of benzene rings is 3. The summed E-state index contributed by atoms with van der Waals surface area (Å²) in [7, 11) is -1.80. The van der Waals surface area contributed by atoms with Gasteiger partial charge in [0.2, 0.25) is 0 Å². The van der Waals surface area contributed by atoms with Gasteiger partial charge < -0.3 is 14.7 Å². The third-order valence-electron chi connectivity index (χ3n) is 3.31. The number of rotatable bonds is 3. The van der Waals surface area contributed by atoms with Crippen molar-refractivity contribution in [3.05, 3.63) is 60.7 Å². The molecule has 0 saturated carbocycles. The van der Waals surface area contributed by atoms with Crippen LogP contribution in [0, 0.1) is 0 Å². The zero-order chi connectivity index (χ0) is 14.1. The summed E-state index contributed by atoms with van der Waals surface area (Å²) < 4.78 is 4.87. The Morgan fingerprint density at radius 2 is 1.55 bits per heavy atom. The van der Waals surface area contributed by atoms with Crippen LogP contribution in [0.25, 0.3) is 27.6 Å². The number of fused-ring (bicyclic) bond motifs is 3. The molecule has 0 aliphatic carbocycles. The lowest BCUT2D eigenvalue weighted by molar-refractivity contribution is 0.288. The minimum atomic E-state index is -1.80. The quantitative estimate of drug-likeness (QED) is 0.564. The second kappa shape index (κ2) is 5.00. The summed E-state index contributed by atoms with van der Waals surface area (Å²) in [5, 5.41) is 22.0. The monoisotopic (exact) mass is 264 g/mol. The average Bonchev–Trinajstić information content (AvgIpc) is 2.45. The summed E-state index contributed by atoms with van der Waals surface area (Å²) in [4.78, 5) is 0. The highest BCUT2D eigenvalue weighted by Gasteiger charge is 2.11. The van der Waals surface area contributed by atoms with Gasteiger partial charge in [0.15, 0.2) is 0 Å². The topological polar surface area (TPSA) is 49.7 Å². The molecule has 3 aromatic carbocycles. The van der Waals surface area contributed by atoms with Crippen molar-refractivity contribution in [3.63, 3.8) is 0 Å². The second-order valence-corrected chi connectivity index (χ2v) is 4.58. The van der Waals surface area contributed by atoms with Crippen LogP contribution in [0.3, 0.4) is 0 Å². The first-order valence-electron chi connectivity index (χ1n) is 6.29. The average molecular weight is 264 g/mol. The van der Waals surface area contributed by atoms with Gasteiger partial charge in [-0.05, 0) is 45.3 Å². The normalized spacial score (nSPS) is 10.7. The van der Waals surface area contributed by atoms with Crippen LogP contribution in [0.2, 0.25) is 0 Å². The summed E-state index contributed by atoms with van der Waals surface area (Å²) in [6.07, 6.45) is 1.82. The largest absolute Gasteiger partial charge is 0.707 e. The molecule has 0 radical (unpaired) electrons. The van der Waals surface area contributed by atoms with Crippen molar-refractivity contribution < 1.29 is 14.7 Å². The van der Waals surface area contributed by atoms with E-state index in [2.05, 4.69) is 18.7 Å². The molecule has 0 aliphatic rings. The van der Waals surface area contributed by atoms with E-state index in [9.17, 15) is 0 Å². The van der Waals surface area contributed by atoms with Gasteiger partial charge in [-0.1, -0.05) is 43.0 Å². The Labute approximate surface area is 116 Å². The maximum absolute atomic E-state index is 8.83. The summed E-state index contributed by atoms with van der Waals surface area (Å²) in [6, 6.07) is 15.6. The molecule has 0 spiro atoms. The van der Waals surface area contributed by atoms with E-state index in [1.807, 2.05) is 30.3 Å². The highest BCUT2D eigenvalue weighted by Crippen LogP contribution is 2.29. The second-order valence-electron chi connectivity index (χ2n) is 4.58. The molecule has 0 aliphatic heterocycles. The lowest BCUT2D eigenvalue weighted by Gasteiger charge is -2.08. The summed E-state index contributed by atoms with van der Waals surface area (Å²) in [5.74, 6) is 0.426. The van der Waals surface area contributed by atoms with Gasteiger partial charge in [-0.3, -0.25) is 0 Å². The van der Waals surface area contributed by atoms with Crippen molar-refractivity contribution in [3.8, 4) is 5.75 Å². The van der Waals surface area contributed by atoms with Gasteiger partial charge in [0.25, 0.3) is 0 Å². The van der Waals surface area contributed by atoms with Crippen LogP contribution in [-0.2, 0) is 0 Å². The van der Waals surface area contributed by atoms with E-state index >= 15 is 0 Å². The van der Waals surface area contributed by atoms with E-state index < -0.39 is 7.32 Å². The highest BCUT2D eigenvalue weighted by molar-refractivity contribution is 6.33. The zero-order valence-corrected chi connectivity index (χ0v) is 10.8. The van der Waals surface area contributed by atoms with Crippen LogP contribution in [0.5, 0.6) is 5.75 Å².